The van der Waals surface area contributed by atoms with E-state index < -0.39 is 11.0 Å². The SMILES string of the molecule is CCC(C)(C)C(O)Cc1ccc([N+](=O)[O-])cc1. The third-order valence-corrected chi connectivity index (χ3v) is 3.39. The number of benzene rings is 1. The lowest BCUT2D eigenvalue weighted by Crippen LogP contribution is -2.30. The quantitative estimate of drug-likeness (QED) is 0.632. The van der Waals surface area contributed by atoms with Crippen LogP contribution < -0.4 is 0 Å². The van der Waals surface area contributed by atoms with Crippen molar-refractivity contribution in [1.29, 1.82) is 0 Å². The molecule has 0 spiro atoms. The highest BCUT2D eigenvalue weighted by Gasteiger charge is 2.25. The summed E-state index contributed by atoms with van der Waals surface area (Å²) in [5.74, 6) is 0. The molecule has 0 aromatic heterocycles. The first-order chi connectivity index (χ1) is 7.86. The highest BCUT2D eigenvalue weighted by atomic mass is 16.6. The lowest BCUT2D eigenvalue weighted by atomic mass is 9.81. The Morgan fingerprint density at radius 1 is 1.35 bits per heavy atom. The third-order valence-electron chi connectivity index (χ3n) is 3.39. The van der Waals surface area contributed by atoms with Gasteiger partial charge in [-0.25, -0.2) is 0 Å². The Morgan fingerprint density at radius 2 is 1.88 bits per heavy atom. The highest BCUT2D eigenvalue weighted by molar-refractivity contribution is 5.33. The Labute approximate surface area is 101 Å². The summed E-state index contributed by atoms with van der Waals surface area (Å²) in [6.07, 6.45) is 0.980. The minimum atomic E-state index is -0.436. The van der Waals surface area contributed by atoms with E-state index in [0.717, 1.165) is 12.0 Å². The predicted octanol–water partition coefficient (Wildman–Crippen LogP) is 2.93. The Bertz CT molecular complexity index is 384. The van der Waals surface area contributed by atoms with Crippen LogP contribution in [0.3, 0.4) is 0 Å². The summed E-state index contributed by atoms with van der Waals surface area (Å²) in [7, 11) is 0. The zero-order valence-electron chi connectivity index (χ0n) is 10.5. The summed E-state index contributed by atoms with van der Waals surface area (Å²) in [4.78, 5) is 10.1. The van der Waals surface area contributed by atoms with Crippen LogP contribution in [0.4, 0.5) is 5.69 Å². The number of non-ortho nitro benzene ring substituents is 1. The maximum Gasteiger partial charge on any atom is 0.269 e. The molecule has 4 heteroatoms. The summed E-state index contributed by atoms with van der Waals surface area (Å²) in [5.41, 5.74) is 0.865. The number of aliphatic hydroxyl groups is 1. The van der Waals surface area contributed by atoms with E-state index in [1.165, 1.54) is 12.1 Å². The van der Waals surface area contributed by atoms with E-state index in [2.05, 4.69) is 0 Å². The number of nitro groups is 1. The van der Waals surface area contributed by atoms with Crippen LogP contribution in [0, 0.1) is 15.5 Å². The van der Waals surface area contributed by atoms with Gasteiger partial charge in [0.05, 0.1) is 11.0 Å². The van der Waals surface area contributed by atoms with Gasteiger partial charge in [-0.1, -0.05) is 32.9 Å². The average molecular weight is 237 g/mol. The second-order valence-corrected chi connectivity index (χ2v) is 4.99. The lowest BCUT2D eigenvalue weighted by Gasteiger charge is -2.29. The van der Waals surface area contributed by atoms with Gasteiger partial charge in [0.1, 0.15) is 0 Å². The van der Waals surface area contributed by atoms with Gasteiger partial charge in [0.25, 0.3) is 5.69 Å². The molecule has 1 aromatic carbocycles. The molecule has 4 nitrogen and oxygen atoms in total. The minimum Gasteiger partial charge on any atom is -0.392 e. The number of rotatable bonds is 5. The molecule has 17 heavy (non-hydrogen) atoms. The van der Waals surface area contributed by atoms with Crippen molar-refractivity contribution >= 4 is 5.69 Å². The first-order valence-corrected chi connectivity index (χ1v) is 5.78. The van der Waals surface area contributed by atoms with Crippen LogP contribution in [0.25, 0.3) is 0 Å². The van der Waals surface area contributed by atoms with Gasteiger partial charge in [-0.3, -0.25) is 10.1 Å². The summed E-state index contributed by atoms with van der Waals surface area (Å²) < 4.78 is 0. The molecule has 0 aliphatic rings. The third kappa shape index (κ3) is 3.53. The van der Waals surface area contributed by atoms with Gasteiger partial charge in [0, 0.05) is 12.1 Å². The standard InChI is InChI=1S/C13H19NO3/c1-4-13(2,3)12(15)9-10-5-7-11(8-6-10)14(16)17/h5-8,12,15H,4,9H2,1-3H3. The Hall–Kier alpha value is -1.42. The number of hydrogen-bond acceptors (Lipinski definition) is 3. The molecule has 1 unspecified atom stereocenters. The van der Waals surface area contributed by atoms with Gasteiger partial charge < -0.3 is 5.11 Å². The van der Waals surface area contributed by atoms with E-state index in [9.17, 15) is 15.2 Å². The first-order valence-electron chi connectivity index (χ1n) is 5.78. The van der Waals surface area contributed by atoms with Crippen LogP contribution in [-0.2, 0) is 6.42 Å². The number of nitrogens with zero attached hydrogens (tertiary/aromatic N) is 1. The smallest absolute Gasteiger partial charge is 0.269 e. The predicted molar refractivity (Wildman–Crippen MR) is 66.9 cm³/mol. The van der Waals surface area contributed by atoms with Gasteiger partial charge in [0.15, 0.2) is 0 Å². The van der Waals surface area contributed by atoms with Crippen LogP contribution in [0.5, 0.6) is 0 Å². The van der Waals surface area contributed by atoms with Crippen molar-refractivity contribution in [1.82, 2.24) is 0 Å². The van der Waals surface area contributed by atoms with Crippen molar-refractivity contribution in [2.75, 3.05) is 0 Å². The van der Waals surface area contributed by atoms with Gasteiger partial charge >= 0.3 is 0 Å². The van der Waals surface area contributed by atoms with Gasteiger partial charge in [-0.15, -0.1) is 0 Å². The van der Waals surface area contributed by atoms with E-state index in [-0.39, 0.29) is 11.1 Å². The maximum absolute atomic E-state index is 10.5. The number of hydrogen-bond donors (Lipinski definition) is 1. The molecule has 0 aliphatic heterocycles. The fraction of sp³-hybridized carbons (Fsp3) is 0.538. The molecule has 1 rings (SSSR count). The van der Waals surface area contributed by atoms with Gasteiger partial charge in [-0.05, 0) is 23.8 Å². The molecule has 94 valence electrons. The lowest BCUT2D eigenvalue weighted by molar-refractivity contribution is -0.384. The van der Waals surface area contributed by atoms with Crippen LogP contribution in [0.15, 0.2) is 24.3 Å². The van der Waals surface area contributed by atoms with Crippen molar-refractivity contribution in [3.8, 4) is 0 Å². The van der Waals surface area contributed by atoms with Crippen molar-refractivity contribution in [2.45, 2.75) is 39.7 Å². The Morgan fingerprint density at radius 3 is 2.29 bits per heavy atom. The van der Waals surface area contributed by atoms with E-state index in [1.807, 2.05) is 20.8 Å². The summed E-state index contributed by atoms with van der Waals surface area (Å²) in [5, 5.41) is 20.6. The fourth-order valence-corrected chi connectivity index (χ4v) is 1.49. The normalized spacial score (nSPS) is 13.4. The molecule has 1 aromatic rings. The van der Waals surface area contributed by atoms with E-state index >= 15 is 0 Å². The molecule has 0 amide bonds. The molecule has 0 saturated carbocycles. The highest BCUT2D eigenvalue weighted by Crippen LogP contribution is 2.27. The van der Waals surface area contributed by atoms with Crippen molar-refractivity contribution in [3.05, 3.63) is 39.9 Å². The maximum atomic E-state index is 10.5. The summed E-state index contributed by atoms with van der Waals surface area (Å²) in [6.45, 7) is 6.07. The fourth-order valence-electron chi connectivity index (χ4n) is 1.49. The van der Waals surface area contributed by atoms with Crippen LogP contribution in [0.1, 0.15) is 32.8 Å². The van der Waals surface area contributed by atoms with Crippen LogP contribution in [0.2, 0.25) is 0 Å². The molecular weight excluding hydrogens is 218 g/mol. The van der Waals surface area contributed by atoms with Crippen LogP contribution >= 0.6 is 0 Å². The van der Waals surface area contributed by atoms with Crippen molar-refractivity contribution in [3.63, 3.8) is 0 Å². The second kappa shape index (κ2) is 5.27. The van der Waals surface area contributed by atoms with Gasteiger partial charge in [0.2, 0.25) is 0 Å². The molecule has 0 fully saturated rings. The zero-order chi connectivity index (χ0) is 13.1. The van der Waals surface area contributed by atoms with Crippen molar-refractivity contribution < 1.29 is 10.0 Å². The van der Waals surface area contributed by atoms with E-state index in [0.29, 0.717) is 6.42 Å². The van der Waals surface area contributed by atoms with Crippen molar-refractivity contribution in [2.24, 2.45) is 5.41 Å². The Balaban J connectivity index is 2.73. The van der Waals surface area contributed by atoms with E-state index in [4.69, 9.17) is 0 Å². The average Bonchev–Trinajstić information content (AvgIpc) is 2.29. The van der Waals surface area contributed by atoms with Gasteiger partial charge in [-0.2, -0.15) is 0 Å². The topological polar surface area (TPSA) is 63.4 Å². The molecule has 0 bridgehead atoms. The molecule has 0 radical (unpaired) electrons. The molecule has 0 saturated heterocycles. The Kier molecular flexibility index (Phi) is 4.23. The minimum absolute atomic E-state index is 0.0815. The van der Waals surface area contributed by atoms with E-state index in [1.54, 1.807) is 12.1 Å². The zero-order valence-corrected chi connectivity index (χ0v) is 10.5. The molecular formula is C13H19NO3. The summed E-state index contributed by atoms with van der Waals surface area (Å²) >= 11 is 0. The number of nitro benzene ring substituents is 1. The largest absolute Gasteiger partial charge is 0.392 e. The monoisotopic (exact) mass is 237 g/mol. The molecule has 0 heterocycles. The first kappa shape index (κ1) is 13.6. The van der Waals surface area contributed by atoms with Crippen LogP contribution in [-0.4, -0.2) is 16.1 Å². The molecule has 0 aliphatic carbocycles. The second-order valence-electron chi connectivity index (χ2n) is 4.99. The molecule has 1 N–H and O–H groups in total. The summed E-state index contributed by atoms with van der Waals surface area (Å²) in [6, 6.07) is 6.35. The molecule has 1 atom stereocenters. The number of aliphatic hydroxyl groups excluding tert-OH is 1.